The van der Waals surface area contributed by atoms with E-state index in [1.54, 1.807) is 24.3 Å². The summed E-state index contributed by atoms with van der Waals surface area (Å²) < 4.78 is 0. The van der Waals surface area contributed by atoms with E-state index in [0.717, 1.165) is 30.2 Å². The van der Waals surface area contributed by atoms with Crippen LogP contribution >= 0.6 is 11.6 Å². The number of aliphatic hydroxyl groups is 1. The fourth-order valence-electron chi connectivity index (χ4n) is 2.40. The van der Waals surface area contributed by atoms with E-state index in [9.17, 15) is 10.4 Å². The molecule has 1 aliphatic rings. The highest BCUT2D eigenvalue weighted by molar-refractivity contribution is 6.31. The van der Waals surface area contributed by atoms with Crippen molar-refractivity contribution < 1.29 is 5.11 Å². The Balaban J connectivity index is 1.92. The summed E-state index contributed by atoms with van der Waals surface area (Å²) >= 11 is 5.95. The van der Waals surface area contributed by atoms with Crippen LogP contribution in [0.4, 0.5) is 5.82 Å². The van der Waals surface area contributed by atoms with E-state index >= 15 is 0 Å². The van der Waals surface area contributed by atoms with Gasteiger partial charge < -0.3 is 10.4 Å². The van der Waals surface area contributed by atoms with Gasteiger partial charge in [-0.1, -0.05) is 11.6 Å². The van der Waals surface area contributed by atoms with E-state index in [1.807, 2.05) is 0 Å². The van der Waals surface area contributed by atoms with Gasteiger partial charge in [-0.2, -0.15) is 5.26 Å². The van der Waals surface area contributed by atoms with E-state index in [0.29, 0.717) is 22.9 Å². The normalized spacial score (nSPS) is 16.4. The molecule has 2 N–H and O–H groups in total. The Labute approximate surface area is 122 Å². The Morgan fingerprint density at radius 1 is 1.40 bits per heavy atom. The van der Waals surface area contributed by atoms with Gasteiger partial charge >= 0.3 is 0 Å². The molecule has 0 amide bonds. The van der Waals surface area contributed by atoms with Crippen molar-refractivity contribution in [2.75, 3.05) is 11.9 Å². The molecular formula is C15H14ClN3O. The topological polar surface area (TPSA) is 68.9 Å². The smallest absolute Gasteiger partial charge is 0.128 e. The molecule has 2 aromatic rings. The Hall–Kier alpha value is -1.83. The lowest BCUT2D eigenvalue weighted by Crippen LogP contribution is -2.43. The zero-order valence-electron chi connectivity index (χ0n) is 10.9. The van der Waals surface area contributed by atoms with Gasteiger partial charge in [-0.05, 0) is 43.5 Å². The number of aromatic nitrogens is 1. The highest BCUT2D eigenvalue weighted by atomic mass is 35.5. The lowest BCUT2D eigenvalue weighted by molar-refractivity contribution is -0.0202. The fraction of sp³-hybridized carbons (Fsp3) is 0.333. The standard InChI is InChI=1S/C15H14ClN3O/c16-11-2-3-13-12(7-11)10(8-17)6-14(19-13)18-9-15(20)4-1-5-15/h2-3,6-7,20H,1,4-5,9H2,(H,18,19). The number of halogens is 1. The monoisotopic (exact) mass is 287 g/mol. The predicted molar refractivity (Wildman–Crippen MR) is 78.8 cm³/mol. The lowest BCUT2D eigenvalue weighted by Gasteiger charge is -2.36. The molecule has 0 saturated heterocycles. The number of hydrogen-bond donors (Lipinski definition) is 2. The summed E-state index contributed by atoms with van der Waals surface area (Å²) in [5.41, 5.74) is 0.626. The Bertz CT molecular complexity index is 704. The van der Waals surface area contributed by atoms with Gasteiger partial charge in [0.1, 0.15) is 5.82 Å². The molecule has 1 fully saturated rings. The first-order valence-electron chi connectivity index (χ1n) is 6.56. The second kappa shape index (κ2) is 4.93. The molecule has 1 saturated carbocycles. The molecule has 0 bridgehead atoms. The molecule has 102 valence electrons. The van der Waals surface area contributed by atoms with Crippen LogP contribution in [0.5, 0.6) is 0 Å². The second-order valence-electron chi connectivity index (χ2n) is 5.26. The van der Waals surface area contributed by atoms with Crippen molar-refractivity contribution in [1.82, 2.24) is 4.98 Å². The quantitative estimate of drug-likeness (QED) is 0.910. The van der Waals surface area contributed by atoms with Crippen LogP contribution in [0.1, 0.15) is 24.8 Å². The van der Waals surface area contributed by atoms with Gasteiger partial charge in [0, 0.05) is 17.0 Å². The van der Waals surface area contributed by atoms with Crippen molar-refractivity contribution in [2.24, 2.45) is 0 Å². The molecule has 1 aromatic carbocycles. The summed E-state index contributed by atoms with van der Waals surface area (Å²) in [6, 6.07) is 9.14. The molecule has 1 aliphatic carbocycles. The molecular weight excluding hydrogens is 274 g/mol. The maximum absolute atomic E-state index is 10.1. The van der Waals surface area contributed by atoms with Gasteiger partial charge in [0.15, 0.2) is 0 Å². The van der Waals surface area contributed by atoms with Gasteiger partial charge in [-0.25, -0.2) is 4.98 Å². The fourth-order valence-corrected chi connectivity index (χ4v) is 2.57. The third-order valence-electron chi connectivity index (χ3n) is 3.77. The number of rotatable bonds is 3. The Morgan fingerprint density at radius 3 is 2.85 bits per heavy atom. The van der Waals surface area contributed by atoms with E-state index < -0.39 is 5.60 Å². The van der Waals surface area contributed by atoms with Gasteiger partial charge in [0.2, 0.25) is 0 Å². The van der Waals surface area contributed by atoms with Crippen LogP contribution in [-0.2, 0) is 0 Å². The third-order valence-corrected chi connectivity index (χ3v) is 4.01. The SMILES string of the molecule is N#Cc1cc(NCC2(O)CCC2)nc2ccc(Cl)cc12. The first-order valence-corrected chi connectivity index (χ1v) is 6.94. The van der Waals surface area contributed by atoms with Crippen LogP contribution in [-0.4, -0.2) is 22.2 Å². The molecule has 3 rings (SSSR count). The van der Waals surface area contributed by atoms with Crippen molar-refractivity contribution in [1.29, 1.82) is 5.26 Å². The van der Waals surface area contributed by atoms with Crippen LogP contribution < -0.4 is 5.32 Å². The van der Waals surface area contributed by atoms with Crippen LogP contribution in [0.15, 0.2) is 24.3 Å². The summed E-state index contributed by atoms with van der Waals surface area (Å²) in [6.45, 7) is 0.462. The Morgan fingerprint density at radius 2 is 2.20 bits per heavy atom. The van der Waals surface area contributed by atoms with E-state index in [1.165, 1.54) is 0 Å². The number of hydrogen-bond acceptors (Lipinski definition) is 4. The zero-order chi connectivity index (χ0) is 14.2. The summed E-state index contributed by atoms with van der Waals surface area (Å²) in [5, 5.41) is 23.8. The van der Waals surface area contributed by atoms with E-state index in [2.05, 4.69) is 16.4 Å². The van der Waals surface area contributed by atoms with Crippen LogP contribution in [0.3, 0.4) is 0 Å². The average molecular weight is 288 g/mol. The number of nitrogens with one attached hydrogen (secondary N) is 1. The number of fused-ring (bicyclic) bond motifs is 1. The highest BCUT2D eigenvalue weighted by Crippen LogP contribution is 2.32. The predicted octanol–water partition coefficient (Wildman–Crippen LogP) is 3.09. The number of pyridine rings is 1. The highest BCUT2D eigenvalue weighted by Gasteiger charge is 2.34. The summed E-state index contributed by atoms with van der Waals surface area (Å²) in [5.74, 6) is 0.608. The first-order chi connectivity index (χ1) is 9.59. The number of nitrogens with zero attached hydrogens (tertiary/aromatic N) is 2. The maximum Gasteiger partial charge on any atom is 0.128 e. The summed E-state index contributed by atoms with van der Waals surface area (Å²) in [7, 11) is 0. The molecule has 0 unspecified atom stereocenters. The molecule has 5 heteroatoms. The second-order valence-corrected chi connectivity index (χ2v) is 5.70. The molecule has 20 heavy (non-hydrogen) atoms. The molecule has 1 heterocycles. The molecule has 4 nitrogen and oxygen atoms in total. The van der Waals surface area contributed by atoms with Crippen molar-refractivity contribution >= 4 is 28.3 Å². The van der Waals surface area contributed by atoms with Crippen LogP contribution in [0.2, 0.25) is 5.02 Å². The van der Waals surface area contributed by atoms with Crippen LogP contribution in [0, 0.1) is 11.3 Å². The maximum atomic E-state index is 10.1. The number of benzene rings is 1. The average Bonchev–Trinajstić information content (AvgIpc) is 2.42. The van der Waals surface area contributed by atoms with Crippen molar-refractivity contribution in [3.8, 4) is 6.07 Å². The molecule has 1 aromatic heterocycles. The first kappa shape index (κ1) is 13.2. The van der Waals surface area contributed by atoms with Gasteiger partial charge in [-0.3, -0.25) is 0 Å². The molecule has 0 spiro atoms. The minimum Gasteiger partial charge on any atom is -0.388 e. The summed E-state index contributed by atoms with van der Waals surface area (Å²) in [6.07, 6.45) is 2.69. The number of anilines is 1. The van der Waals surface area contributed by atoms with E-state index in [4.69, 9.17) is 11.6 Å². The number of nitriles is 1. The molecule has 0 atom stereocenters. The minimum atomic E-state index is -0.622. The minimum absolute atomic E-state index is 0.462. The van der Waals surface area contributed by atoms with Crippen molar-refractivity contribution in [2.45, 2.75) is 24.9 Å². The molecule has 0 radical (unpaired) electrons. The molecule has 0 aliphatic heterocycles. The van der Waals surface area contributed by atoms with E-state index in [-0.39, 0.29) is 0 Å². The zero-order valence-corrected chi connectivity index (χ0v) is 11.6. The van der Waals surface area contributed by atoms with Crippen molar-refractivity contribution in [3.63, 3.8) is 0 Å². The Kier molecular flexibility index (Phi) is 3.25. The van der Waals surface area contributed by atoms with Gasteiger partial charge in [-0.15, -0.1) is 0 Å². The van der Waals surface area contributed by atoms with Crippen molar-refractivity contribution in [3.05, 3.63) is 34.9 Å². The largest absolute Gasteiger partial charge is 0.388 e. The third kappa shape index (κ3) is 2.43. The van der Waals surface area contributed by atoms with Crippen LogP contribution in [0.25, 0.3) is 10.9 Å². The van der Waals surface area contributed by atoms with Gasteiger partial charge in [0.25, 0.3) is 0 Å². The van der Waals surface area contributed by atoms with Gasteiger partial charge in [0.05, 0.1) is 22.8 Å². The lowest BCUT2D eigenvalue weighted by atomic mass is 9.80. The summed E-state index contributed by atoms with van der Waals surface area (Å²) in [4.78, 5) is 4.45.